The summed E-state index contributed by atoms with van der Waals surface area (Å²) < 4.78 is 6.67. The number of rotatable bonds is 3. The summed E-state index contributed by atoms with van der Waals surface area (Å²) >= 11 is 1.82. The molecule has 0 spiro atoms. The van der Waals surface area contributed by atoms with Crippen LogP contribution in [-0.2, 0) is 26.5 Å². The van der Waals surface area contributed by atoms with E-state index in [0.717, 1.165) is 12.8 Å². The van der Waals surface area contributed by atoms with Gasteiger partial charge in [-0.05, 0) is 38.7 Å². The second kappa shape index (κ2) is 10.2. The maximum atomic E-state index is 6.67. The molecular weight excluding hydrogens is 407 g/mol. The maximum absolute atomic E-state index is 6.67. The molecule has 2 aliphatic rings. The molecule has 1 nitrogen and oxygen atoms in total. The summed E-state index contributed by atoms with van der Waals surface area (Å²) in [5, 5.41) is 0. The van der Waals surface area contributed by atoms with Crippen molar-refractivity contribution in [1.82, 2.24) is 0 Å². The van der Waals surface area contributed by atoms with Gasteiger partial charge in [-0.2, -0.15) is 11.0 Å². The van der Waals surface area contributed by atoms with Gasteiger partial charge < -0.3 is 29.6 Å². The molecule has 1 radical (unpaired) electrons. The summed E-state index contributed by atoms with van der Waals surface area (Å²) in [4.78, 5) is 0.861. The monoisotopic (exact) mass is 435 g/mol. The number of hydrogen-bond donors (Lipinski definition) is 0. The van der Waals surface area contributed by atoms with Crippen LogP contribution in [0.3, 0.4) is 0 Å². The van der Waals surface area contributed by atoms with Crippen LogP contribution in [0.2, 0.25) is 0 Å². The minimum atomic E-state index is -0.340. The first-order chi connectivity index (χ1) is 10.0. The second-order valence-corrected chi connectivity index (χ2v) is 9.48. The molecule has 0 bridgehead atoms. The quantitative estimate of drug-likeness (QED) is 0.356. The van der Waals surface area contributed by atoms with E-state index in [1.165, 1.54) is 16.1 Å². The van der Waals surface area contributed by atoms with Crippen molar-refractivity contribution in [3.8, 4) is 0 Å². The van der Waals surface area contributed by atoms with E-state index in [4.69, 9.17) is 4.74 Å². The molecule has 0 aliphatic heterocycles. The zero-order valence-corrected chi connectivity index (χ0v) is 20.2. The fourth-order valence-electron chi connectivity index (χ4n) is 2.93. The molecule has 0 aromatic carbocycles. The van der Waals surface area contributed by atoms with Crippen LogP contribution in [0.4, 0.5) is 0 Å². The Morgan fingerprint density at radius 3 is 2.16 bits per heavy atom. The van der Waals surface area contributed by atoms with Gasteiger partial charge in [-0.15, -0.1) is 18.2 Å². The Hall–Kier alpha value is 0.564. The summed E-state index contributed by atoms with van der Waals surface area (Å²) in [5.41, 5.74) is 2.57. The molecule has 5 heteroatoms. The summed E-state index contributed by atoms with van der Waals surface area (Å²) in [6, 6.07) is 0. The zero-order valence-electron chi connectivity index (χ0n) is 16.3. The first kappa shape index (κ1) is 27.8. The number of thioether (sulfide) groups is 1. The molecule has 139 valence electrons. The Kier molecular flexibility index (Phi) is 11.3. The van der Waals surface area contributed by atoms with Gasteiger partial charge in [0, 0.05) is 6.42 Å². The third-order valence-electron chi connectivity index (χ3n) is 3.69. The molecule has 0 fully saturated rings. The molecule has 0 aromatic rings. The minimum absolute atomic E-state index is 0. The van der Waals surface area contributed by atoms with Crippen molar-refractivity contribution in [3.63, 3.8) is 0 Å². The summed E-state index contributed by atoms with van der Waals surface area (Å²) in [6.45, 7) is 15.4. The van der Waals surface area contributed by atoms with Crippen molar-refractivity contribution < 1.29 is 51.3 Å². The fraction of sp³-hybridized carbons (Fsp3) is 0.600. The molecule has 25 heavy (non-hydrogen) atoms. The first-order valence-electron chi connectivity index (χ1n) is 8.08. The SMILES string of the molecule is CC1=CCC(OC(C)(C)C)(SC2=[C-]CC=C2)C(C(C)(C)C)=C1.[Cl-].[Cl-].[Ti+3]. The molecular formula is C20H29Cl2OSTi. The number of ether oxygens (including phenoxy) is 1. The van der Waals surface area contributed by atoms with Gasteiger partial charge in [0.1, 0.15) is 4.93 Å². The summed E-state index contributed by atoms with van der Waals surface area (Å²) in [6.07, 6.45) is 14.2. The van der Waals surface area contributed by atoms with Gasteiger partial charge in [0.25, 0.3) is 0 Å². The molecule has 1 atom stereocenters. The largest absolute Gasteiger partial charge is 3.00 e. The van der Waals surface area contributed by atoms with Gasteiger partial charge >= 0.3 is 21.7 Å². The molecule has 2 aliphatic carbocycles. The van der Waals surface area contributed by atoms with Crippen molar-refractivity contribution in [2.45, 2.75) is 71.8 Å². The van der Waals surface area contributed by atoms with Gasteiger partial charge in [0.2, 0.25) is 0 Å². The Labute approximate surface area is 185 Å². The predicted molar refractivity (Wildman–Crippen MR) is 97.6 cm³/mol. The number of hydrogen-bond acceptors (Lipinski definition) is 2. The van der Waals surface area contributed by atoms with Gasteiger partial charge in [-0.3, -0.25) is 6.08 Å². The van der Waals surface area contributed by atoms with Gasteiger partial charge in [0.05, 0.1) is 5.60 Å². The van der Waals surface area contributed by atoms with E-state index in [1.807, 2.05) is 11.8 Å². The van der Waals surface area contributed by atoms with E-state index in [0.29, 0.717) is 0 Å². The Morgan fingerprint density at radius 2 is 1.72 bits per heavy atom. The van der Waals surface area contributed by atoms with E-state index in [9.17, 15) is 0 Å². The average molecular weight is 436 g/mol. The van der Waals surface area contributed by atoms with E-state index >= 15 is 0 Å². The van der Waals surface area contributed by atoms with Crippen LogP contribution < -0.4 is 24.8 Å². The Morgan fingerprint density at radius 1 is 1.12 bits per heavy atom. The second-order valence-electron chi connectivity index (χ2n) is 8.18. The van der Waals surface area contributed by atoms with E-state index in [-0.39, 0.29) is 62.5 Å². The smallest absolute Gasteiger partial charge is 1.00 e. The van der Waals surface area contributed by atoms with Crippen molar-refractivity contribution in [1.29, 1.82) is 0 Å². The first-order valence-corrected chi connectivity index (χ1v) is 8.89. The predicted octanol–water partition coefficient (Wildman–Crippen LogP) is 0.206. The van der Waals surface area contributed by atoms with Gasteiger partial charge in [-0.1, -0.05) is 38.5 Å². The molecule has 0 saturated carbocycles. The standard InChI is InChI=1S/C20H29OS.2ClH.Ti/c1-15-12-13-20(21-19(5,6)7,17(14-15)18(2,3)4)22-16-10-8-9-11-16;;;/h8,10,12,14H,9,13H2,1-7H3;2*1H;/q-1;;;+3/p-2. The van der Waals surface area contributed by atoms with E-state index in [1.54, 1.807) is 0 Å². The van der Waals surface area contributed by atoms with Crippen molar-refractivity contribution in [3.05, 3.63) is 46.4 Å². The zero-order chi connectivity index (χ0) is 16.6. The topological polar surface area (TPSA) is 9.23 Å². The summed E-state index contributed by atoms with van der Waals surface area (Å²) in [5.74, 6) is 0. The number of allylic oxidation sites excluding steroid dienone is 5. The molecule has 0 amide bonds. The van der Waals surface area contributed by atoms with Crippen LogP contribution in [0.1, 0.15) is 61.3 Å². The van der Waals surface area contributed by atoms with Crippen LogP contribution in [0.25, 0.3) is 0 Å². The molecule has 0 heterocycles. The van der Waals surface area contributed by atoms with Gasteiger partial charge in [-0.25, -0.2) is 6.08 Å². The van der Waals surface area contributed by atoms with Crippen LogP contribution in [0.15, 0.2) is 40.4 Å². The van der Waals surface area contributed by atoms with Crippen LogP contribution >= 0.6 is 11.8 Å². The normalized spacial score (nSPS) is 22.8. The third kappa shape index (κ3) is 7.60. The van der Waals surface area contributed by atoms with Crippen molar-refractivity contribution in [2.75, 3.05) is 0 Å². The molecule has 2 rings (SSSR count). The number of halogens is 2. The minimum Gasteiger partial charge on any atom is -1.00 e. The Balaban J connectivity index is 0. The molecule has 0 saturated heterocycles. The third-order valence-corrected chi connectivity index (χ3v) is 4.99. The average Bonchev–Trinajstić information content (AvgIpc) is 2.81. The van der Waals surface area contributed by atoms with E-state index in [2.05, 4.69) is 78.8 Å². The summed E-state index contributed by atoms with van der Waals surface area (Å²) in [7, 11) is 0. The Bertz CT molecular complexity index is 565. The molecule has 0 aromatic heterocycles. The van der Waals surface area contributed by atoms with E-state index < -0.39 is 0 Å². The van der Waals surface area contributed by atoms with Crippen LogP contribution in [0, 0.1) is 11.5 Å². The maximum Gasteiger partial charge on any atom is 3.00 e. The van der Waals surface area contributed by atoms with Crippen molar-refractivity contribution >= 4 is 11.8 Å². The van der Waals surface area contributed by atoms with Crippen LogP contribution in [0.5, 0.6) is 0 Å². The van der Waals surface area contributed by atoms with Gasteiger partial charge in [0.15, 0.2) is 0 Å². The van der Waals surface area contributed by atoms with Crippen molar-refractivity contribution in [2.24, 2.45) is 5.41 Å². The fourth-order valence-corrected chi connectivity index (χ4v) is 4.54. The van der Waals surface area contributed by atoms with Crippen LogP contribution in [-0.4, -0.2) is 10.5 Å². The molecule has 1 unspecified atom stereocenters. The molecule has 0 N–H and O–H groups in total.